The van der Waals surface area contributed by atoms with Gasteiger partial charge in [0.05, 0.1) is 6.10 Å². The van der Waals surface area contributed by atoms with E-state index < -0.39 is 0 Å². The third-order valence-corrected chi connectivity index (χ3v) is 4.35. The molecule has 20 heavy (non-hydrogen) atoms. The van der Waals surface area contributed by atoms with Gasteiger partial charge < -0.3 is 10.1 Å². The van der Waals surface area contributed by atoms with Crippen molar-refractivity contribution in [2.75, 3.05) is 6.61 Å². The van der Waals surface area contributed by atoms with Crippen molar-refractivity contribution in [1.29, 1.82) is 0 Å². The first-order valence-electron chi connectivity index (χ1n) is 7.86. The molecule has 0 spiro atoms. The molecule has 2 rings (SSSR count). The number of hydrogen-bond donors (Lipinski definition) is 1. The number of halogens is 1. The van der Waals surface area contributed by atoms with Crippen LogP contribution in [0.15, 0.2) is 24.3 Å². The van der Waals surface area contributed by atoms with Crippen LogP contribution in [0, 0.1) is 0 Å². The normalized spacial score (nSPS) is 24.6. The van der Waals surface area contributed by atoms with Crippen molar-refractivity contribution in [2.45, 2.75) is 64.1 Å². The van der Waals surface area contributed by atoms with Gasteiger partial charge in [0.25, 0.3) is 0 Å². The first-order valence-corrected chi connectivity index (χ1v) is 8.23. The molecule has 1 aromatic carbocycles. The number of benzene rings is 1. The van der Waals surface area contributed by atoms with Gasteiger partial charge in [-0.3, -0.25) is 0 Å². The summed E-state index contributed by atoms with van der Waals surface area (Å²) < 4.78 is 5.83. The van der Waals surface area contributed by atoms with Gasteiger partial charge in [-0.1, -0.05) is 44.0 Å². The van der Waals surface area contributed by atoms with Crippen LogP contribution < -0.4 is 5.32 Å². The van der Waals surface area contributed by atoms with Crippen LogP contribution in [0.5, 0.6) is 0 Å². The van der Waals surface area contributed by atoms with Gasteiger partial charge in [0, 0.05) is 23.7 Å². The van der Waals surface area contributed by atoms with E-state index >= 15 is 0 Å². The van der Waals surface area contributed by atoms with Gasteiger partial charge in [0.15, 0.2) is 0 Å². The summed E-state index contributed by atoms with van der Waals surface area (Å²) in [6, 6.07) is 9.20. The maximum Gasteiger partial charge on any atom is 0.0589 e. The molecular formula is C17H26ClNO. The Bertz CT molecular complexity index is 390. The SMILES string of the molecule is CCCC1CC(NC(CC)c2ccc(Cl)cc2)CCO1. The Morgan fingerprint density at radius 1 is 1.30 bits per heavy atom. The average Bonchev–Trinajstić information content (AvgIpc) is 2.47. The molecule has 3 unspecified atom stereocenters. The zero-order valence-electron chi connectivity index (χ0n) is 12.6. The molecule has 0 bridgehead atoms. The number of hydrogen-bond acceptors (Lipinski definition) is 2. The number of rotatable bonds is 6. The second-order valence-corrected chi connectivity index (χ2v) is 6.12. The summed E-state index contributed by atoms with van der Waals surface area (Å²) >= 11 is 5.97. The highest BCUT2D eigenvalue weighted by Gasteiger charge is 2.24. The van der Waals surface area contributed by atoms with E-state index in [1.54, 1.807) is 0 Å². The second-order valence-electron chi connectivity index (χ2n) is 5.68. The minimum Gasteiger partial charge on any atom is -0.378 e. The molecule has 1 aliphatic rings. The van der Waals surface area contributed by atoms with E-state index in [1.165, 1.54) is 18.4 Å². The third kappa shape index (κ3) is 4.47. The van der Waals surface area contributed by atoms with Crippen LogP contribution in [0.25, 0.3) is 0 Å². The largest absolute Gasteiger partial charge is 0.378 e. The van der Waals surface area contributed by atoms with Crippen molar-refractivity contribution in [3.05, 3.63) is 34.9 Å². The Morgan fingerprint density at radius 3 is 2.70 bits per heavy atom. The zero-order valence-corrected chi connectivity index (χ0v) is 13.3. The topological polar surface area (TPSA) is 21.3 Å². The van der Waals surface area contributed by atoms with E-state index in [0.717, 1.165) is 30.9 Å². The first kappa shape index (κ1) is 15.8. The molecule has 1 N–H and O–H groups in total. The first-order chi connectivity index (χ1) is 9.72. The molecule has 2 nitrogen and oxygen atoms in total. The van der Waals surface area contributed by atoms with Crippen molar-refractivity contribution in [1.82, 2.24) is 5.32 Å². The van der Waals surface area contributed by atoms with E-state index in [2.05, 4.69) is 31.3 Å². The van der Waals surface area contributed by atoms with Crippen LogP contribution in [0.1, 0.15) is 57.6 Å². The van der Waals surface area contributed by atoms with E-state index in [9.17, 15) is 0 Å². The molecule has 0 radical (unpaired) electrons. The average molecular weight is 296 g/mol. The minimum absolute atomic E-state index is 0.414. The quantitative estimate of drug-likeness (QED) is 0.819. The maximum absolute atomic E-state index is 5.97. The fourth-order valence-corrected chi connectivity index (χ4v) is 3.11. The highest BCUT2D eigenvalue weighted by Crippen LogP contribution is 2.24. The van der Waals surface area contributed by atoms with E-state index in [1.807, 2.05) is 12.1 Å². The lowest BCUT2D eigenvalue weighted by molar-refractivity contribution is -0.00515. The smallest absolute Gasteiger partial charge is 0.0589 e. The Morgan fingerprint density at radius 2 is 2.05 bits per heavy atom. The Labute approximate surface area is 127 Å². The molecule has 112 valence electrons. The van der Waals surface area contributed by atoms with Crippen molar-refractivity contribution in [3.63, 3.8) is 0 Å². The van der Waals surface area contributed by atoms with Crippen molar-refractivity contribution >= 4 is 11.6 Å². The standard InChI is InChI=1S/C17H26ClNO/c1-3-5-16-12-15(10-11-20-16)19-17(4-2)13-6-8-14(18)9-7-13/h6-9,15-17,19H,3-5,10-12H2,1-2H3. The third-order valence-electron chi connectivity index (χ3n) is 4.10. The van der Waals surface area contributed by atoms with E-state index in [4.69, 9.17) is 16.3 Å². The maximum atomic E-state index is 5.97. The highest BCUT2D eigenvalue weighted by atomic mass is 35.5. The summed E-state index contributed by atoms with van der Waals surface area (Å²) in [5.41, 5.74) is 1.33. The lowest BCUT2D eigenvalue weighted by atomic mass is 9.97. The van der Waals surface area contributed by atoms with Crippen molar-refractivity contribution in [2.24, 2.45) is 0 Å². The fourth-order valence-electron chi connectivity index (χ4n) is 2.98. The minimum atomic E-state index is 0.414. The molecule has 1 aliphatic heterocycles. The van der Waals surface area contributed by atoms with Gasteiger partial charge in [0.1, 0.15) is 0 Å². The molecule has 1 aromatic rings. The number of ether oxygens (including phenoxy) is 1. The Balaban J connectivity index is 1.93. The van der Waals surface area contributed by atoms with Gasteiger partial charge in [-0.05, 0) is 43.4 Å². The molecule has 0 saturated carbocycles. The highest BCUT2D eigenvalue weighted by molar-refractivity contribution is 6.30. The van der Waals surface area contributed by atoms with Crippen LogP contribution in [-0.4, -0.2) is 18.8 Å². The lowest BCUT2D eigenvalue weighted by Gasteiger charge is -2.33. The van der Waals surface area contributed by atoms with Crippen LogP contribution in [0.4, 0.5) is 0 Å². The molecule has 3 heteroatoms. The molecular weight excluding hydrogens is 270 g/mol. The lowest BCUT2D eigenvalue weighted by Crippen LogP contribution is -2.40. The fraction of sp³-hybridized carbons (Fsp3) is 0.647. The molecule has 1 fully saturated rings. The monoisotopic (exact) mass is 295 g/mol. The predicted octanol–water partition coefficient (Wildman–Crippen LogP) is 4.73. The summed E-state index contributed by atoms with van der Waals surface area (Å²) in [6.45, 7) is 5.34. The molecule has 0 amide bonds. The zero-order chi connectivity index (χ0) is 14.4. The van der Waals surface area contributed by atoms with E-state index in [-0.39, 0.29) is 0 Å². The summed E-state index contributed by atoms with van der Waals surface area (Å²) in [5, 5.41) is 4.61. The van der Waals surface area contributed by atoms with Gasteiger partial charge in [-0.2, -0.15) is 0 Å². The van der Waals surface area contributed by atoms with Gasteiger partial charge in [-0.15, -0.1) is 0 Å². The Kier molecular flexibility index (Phi) is 6.34. The molecule has 0 aromatic heterocycles. The summed E-state index contributed by atoms with van der Waals surface area (Å²) in [4.78, 5) is 0. The predicted molar refractivity (Wildman–Crippen MR) is 85.3 cm³/mol. The molecule has 0 aliphatic carbocycles. The summed E-state index contributed by atoms with van der Waals surface area (Å²) in [6.07, 6.45) is 6.16. The van der Waals surface area contributed by atoms with Gasteiger partial charge in [0.2, 0.25) is 0 Å². The van der Waals surface area contributed by atoms with Gasteiger partial charge in [-0.25, -0.2) is 0 Å². The van der Waals surface area contributed by atoms with Crippen LogP contribution >= 0.6 is 11.6 Å². The van der Waals surface area contributed by atoms with Crippen molar-refractivity contribution in [3.8, 4) is 0 Å². The van der Waals surface area contributed by atoms with Crippen LogP contribution in [0.2, 0.25) is 5.02 Å². The molecule has 1 saturated heterocycles. The summed E-state index contributed by atoms with van der Waals surface area (Å²) in [5.74, 6) is 0. The molecule has 1 heterocycles. The van der Waals surface area contributed by atoms with Crippen LogP contribution in [0.3, 0.4) is 0 Å². The number of nitrogens with one attached hydrogen (secondary N) is 1. The summed E-state index contributed by atoms with van der Waals surface area (Å²) in [7, 11) is 0. The van der Waals surface area contributed by atoms with Crippen molar-refractivity contribution < 1.29 is 4.74 Å². The Hall–Kier alpha value is -0.570. The van der Waals surface area contributed by atoms with Gasteiger partial charge >= 0.3 is 0 Å². The van der Waals surface area contributed by atoms with Crippen LogP contribution in [-0.2, 0) is 4.74 Å². The second kappa shape index (κ2) is 8.02. The molecule has 3 atom stereocenters. The van der Waals surface area contributed by atoms with E-state index in [0.29, 0.717) is 18.2 Å².